The van der Waals surface area contributed by atoms with E-state index < -0.39 is 0 Å². The van der Waals surface area contributed by atoms with Gasteiger partial charge in [0.2, 0.25) is 0 Å². The first kappa shape index (κ1) is 12.4. The minimum Gasteiger partial charge on any atom is -0.315 e. The second-order valence-corrected chi connectivity index (χ2v) is 7.06. The van der Waals surface area contributed by atoms with Gasteiger partial charge >= 0.3 is 0 Å². The molecule has 16 heavy (non-hydrogen) atoms. The lowest BCUT2D eigenvalue weighted by Crippen LogP contribution is -2.32. The van der Waals surface area contributed by atoms with Gasteiger partial charge < -0.3 is 10.2 Å². The molecule has 1 N–H and O–H groups in total. The highest BCUT2D eigenvalue weighted by Gasteiger charge is 2.64. The van der Waals surface area contributed by atoms with E-state index in [1.165, 1.54) is 26.2 Å². The summed E-state index contributed by atoms with van der Waals surface area (Å²) < 4.78 is 0. The number of nitrogens with zero attached hydrogens (tertiary/aromatic N) is 1. The van der Waals surface area contributed by atoms with E-state index >= 15 is 0 Å². The molecule has 2 heteroatoms. The fraction of sp³-hybridized carbons (Fsp3) is 1.00. The summed E-state index contributed by atoms with van der Waals surface area (Å²) in [5.74, 6) is 1.68. The van der Waals surface area contributed by atoms with Gasteiger partial charge in [0.15, 0.2) is 0 Å². The van der Waals surface area contributed by atoms with Gasteiger partial charge in [0.05, 0.1) is 0 Å². The maximum atomic E-state index is 3.52. The molecule has 1 heterocycles. The number of hydrogen-bond donors (Lipinski definition) is 1. The average molecular weight is 224 g/mol. The molecule has 0 radical (unpaired) electrons. The summed E-state index contributed by atoms with van der Waals surface area (Å²) in [5, 5.41) is 3.52. The molecule has 2 fully saturated rings. The first-order chi connectivity index (χ1) is 7.35. The van der Waals surface area contributed by atoms with Gasteiger partial charge in [-0.3, -0.25) is 0 Å². The third-order valence-corrected chi connectivity index (χ3v) is 5.43. The van der Waals surface area contributed by atoms with Crippen molar-refractivity contribution in [2.45, 2.75) is 34.6 Å². The van der Waals surface area contributed by atoms with Crippen molar-refractivity contribution in [2.24, 2.45) is 22.7 Å². The molecular weight excluding hydrogens is 196 g/mol. The van der Waals surface area contributed by atoms with E-state index in [9.17, 15) is 0 Å². The molecule has 0 bridgehead atoms. The molecule has 94 valence electrons. The third-order valence-electron chi connectivity index (χ3n) is 5.43. The van der Waals surface area contributed by atoms with Crippen LogP contribution in [0.25, 0.3) is 0 Å². The molecule has 0 aromatic carbocycles. The summed E-state index contributed by atoms with van der Waals surface area (Å²) in [5.41, 5.74) is 1.08. The van der Waals surface area contributed by atoms with Gasteiger partial charge in [0.1, 0.15) is 0 Å². The second kappa shape index (κ2) is 3.99. The number of nitrogens with one attached hydrogen (secondary N) is 1. The summed E-state index contributed by atoms with van der Waals surface area (Å²) in [6.45, 7) is 18.2. The van der Waals surface area contributed by atoms with Crippen LogP contribution in [0.1, 0.15) is 34.6 Å². The van der Waals surface area contributed by atoms with E-state index in [1.807, 2.05) is 0 Å². The van der Waals surface area contributed by atoms with Crippen molar-refractivity contribution in [1.29, 1.82) is 0 Å². The molecule has 2 aliphatic rings. The molecule has 0 spiro atoms. The van der Waals surface area contributed by atoms with Crippen molar-refractivity contribution in [3.8, 4) is 0 Å². The zero-order valence-corrected chi connectivity index (χ0v) is 11.6. The normalized spacial score (nSPS) is 34.7. The van der Waals surface area contributed by atoms with E-state index in [2.05, 4.69) is 44.8 Å². The van der Waals surface area contributed by atoms with E-state index in [4.69, 9.17) is 0 Å². The van der Waals surface area contributed by atoms with Gasteiger partial charge in [-0.05, 0) is 29.2 Å². The second-order valence-electron chi connectivity index (χ2n) is 7.06. The Morgan fingerprint density at radius 3 is 2.38 bits per heavy atom. The van der Waals surface area contributed by atoms with Gasteiger partial charge in [-0.25, -0.2) is 0 Å². The lowest BCUT2D eigenvalue weighted by molar-refractivity contribution is 0.238. The van der Waals surface area contributed by atoms with Crippen LogP contribution < -0.4 is 5.32 Å². The zero-order chi connectivity index (χ0) is 12.0. The maximum Gasteiger partial charge on any atom is 0.0107 e. The summed E-state index contributed by atoms with van der Waals surface area (Å²) in [6, 6.07) is 0. The van der Waals surface area contributed by atoms with Crippen LogP contribution in [0.15, 0.2) is 0 Å². The van der Waals surface area contributed by atoms with Crippen molar-refractivity contribution in [2.75, 3.05) is 32.7 Å². The summed E-state index contributed by atoms with van der Waals surface area (Å²) in [6.07, 6.45) is 0. The number of rotatable bonds is 2. The van der Waals surface area contributed by atoms with E-state index in [-0.39, 0.29) is 0 Å². The lowest BCUT2D eigenvalue weighted by atomic mass is 10.0. The Morgan fingerprint density at radius 1 is 1.19 bits per heavy atom. The highest BCUT2D eigenvalue weighted by Crippen LogP contribution is 2.68. The zero-order valence-electron chi connectivity index (χ0n) is 11.6. The van der Waals surface area contributed by atoms with E-state index in [1.54, 1.807) is 0 Å². The smallest absolute Gasteiger partial charge is 0.0107 e. The van der Waals surface area contributed by atoms with Crippen LogP contribution in [-0.2, 0) is 0 Å². The van der Waals surface area contributed by atoms with Crippen LogP contribution in [0, 0.1) is 22.7 Å². The monoisotopic (exact) mass is 224 g/mol. The SMILES string of the molecule is CC1CNCCN(CC2C(C)(C)C2(C)C)C1. The van der Waals surface area contributed by atoms with Crippen molar-refractivity contribution in [3.63, 3.8) is 0 Å². The van der Waals surface area contributed by atoms with Crippen LogP contribution in [0.3, 0.4) is 0 Å². The Bertz CT molecular complexity index is 243. The summed E-state index contributed by atoms with van der Waals surface area (Å²) in [4.78, 5) is 2.67. The fourth-order valence-corrected chi connectivity index (χ4v) is 3.40. The first-order valence-corrected chi connectivity index (χ1v) is 6.79. The Kier molecular flexibility index (Phi) is 3.09. The molecule has 2 rings (SSSR count). The van der Waals surface area contributed by atoms with Crippen LogP contribution in [0.4, 0.5) is 0 Å². The summed E-state index contributed by atoms with van der Waals surface area (Å²) in [7, 11) is 0. The predicted molar refractivity (Wildman–Crippen MR) is 69.5 cm³/mol. The highest BCUT2D eigenvalue weighted by atomic mass is 15.2. The van der Waals surface area contributed by atoms with Gasteiger partial charge in [-0.15, -0.1) is 0 Å². The minimum atomic E-state index is 0.538. The number of hydrogen-bond acceptors (Lipinski definition) is 2. The average Bonchev–Trinajstić information content (AvgIpc) is 2.66. The molecule has 1 aliphatic carbocycles. The predicted octanol–water partition coefficient (Wildman–Crippen LogP) is 2.21. The summed E-state index contributed by atoms with van der Waals surface area (Å²) >= 11 is 0. The van der Waals surface area contributed by atoms with E-state index in [0.717, 1.165) is 18.4 Å². The Labute approximate surface area is 101 Å². The standard InChI is InChI=1S/C14H28N2/c1-11-8-15-6-7-16(9-11)10-12-13(2,3)14(12,4)5/h11-12,15H,6-10H2,1-5H3. The van der Waals surface area contributed by atoms with Crippen molar-refractivity contribution in [1.82, 2.24) is 10.2 Å². The molecule has 1 aliphatic heterocycles. The quantitative estimate of drug-likeness (QED) is 0.773. The topological polar surface area (TPSA) is 15.3 Å². The van der Waals surface area contributed by atoms with Crippen molar-refractivity contribution < 1.29 is 0 Å². The molecule has 1 saturated heterocycles. The molecular formula is C14H28N2. The van der Waals surface area contributed by atoms with Gasteiger partial charge in [-0.2, -0.15) is 0 Å². The Hall–Kier alpha value is -0.0800. The van der Waals surface area contributed by atoms with Crippen LogP contribution in [0.5, 0.6) is 0 Å². The molecule has 1 atom stereocenters. The molecule has 0 amide bonds. The largest absolute Gasteiger partial charge is 0.315 e. The molecule has 0 aromatic heterocycles. The van der Waals surface area contributed by atoms with Crippen LogP contribution in [0.2, 0.25) is 0 Å². The highest BCUT2D eigenvalue weighted by molar-refractivity contribution is 5.13. The molecule has 2 nitrogen and oxygen atoms in total. The van der Waals surface area contributed by atoms with Gasteiger partial charge in [0, 0.05) is 26.2 Å². The Balaban J connectivity index is 1.91. The van der Waals surface area contributed by atoms with Gasteiger partial charge in [0.25, 0.3) is 0 Å². The first-order valence-electron chi connectivity index (χ1n) is 6.79. The maximum absolute atomic E-state index is 3.52. The van der Waals surface area contributed by atoms with Crippen LogP contribution >= 0.6 is 0 Å². The van der Waals surface area contributed by atoms with E-state index in [0.29, 0.717) is 10.8 Å². The lowest BCUT2D eigenvalue weighted by Gasteiger charge is -2.22. The molecule has 0 aromatic rings. The van der Waals surface area contributed by atoms with Crippen LogP contribution in [-0.4, -0.2) is 37.6 Å². The van der Waals surface area contributed by atoms with Crippen molar-refractivity contribution in [3.05, 3.63) is 0 Å². The minimum absolute atomic E-state index is 0.538. The fourth-order valence-electron chi connectivity index (χ4n) is 3.40. The Morgan fingerprint density at radius 2 is 1.81 bits per heavy atom. The molecule has 1 saturated carbocycles. The third kappa shape index (κ3) is 2.02. The van der Waals surface area contributed by atoms with Crippen molar-refractivity contribution >= 4 is 0 Å². The molecule has 1 unspecified atom stereocenters. The van der Waals surface area contributed by atoms with Gasteiger partial charge in [-0.1, -0.05) is 34.6 Å².